The van der Waals surface area contributed by atoms with E-state index < -0.39 is 36.0 Å². The van der Waals surface area contributed by atoms with Crippen LogP contribution < -0.4 is 17.2 Å². The molecule has 0 fully saturated rings. The maximum atomic E-state index is 10.1. The van der Waals surface area contributed by atoms with E-state index in [-0.39, 0.29) is 0 Å². The number of carbonyl (C=O) groups is 3. The van der Waals surface area contributed by atoms with Gasteiger partial charge in [0, 0.05) is 0 Å². The minimum atomic E-state index is -0.963. The molecule has 10 heteroatoms. The second kappa shape index (κ2) is 16.5. The van der Waals surface area contributed by atoms with Crippen molar-refractivity contribution in [3.63, 3.8) is 0 Å². The lowest BCUT2D eigenvalue weighted by atomic mass is 10.1. The Bertz CT molecular complexity index is 366. The Balaban J connectivity index is -0.000000282. The first-order valence-electron chi connectivity index (χ1n) is 7.30. The summed E-state index contributed by atoms with van der Waals surface area (Å²) in [5, 5.41) is 24.4. The Hall–Kier alpha value is -1.36. The molecule has 0 rings (SSSR count). The normalized spacial score (nSPS) is 13.5. The molecule has 3 unspecified atom stereocenters. The summed E-state index contributed by atoms with van der Waals surface area (Å²) >= 11 is 1.60. The van der Waals surface area contributed by atoms with Gasteiger partial charge in [-0.1, -0.05) is 13.8 Å². The van der Waals surface area contributed by atoms with Crippen molar-refractivity contribution in [2.45, 2.75) is 51.7 Å². The summed E-state index contributed by atoms with van der Waals surface area (Å²) in [5.74, 6) is -1.62. The van der Waals surface area contributed by atoms with E-state index >= 15 is 0 Å². The molecular formula is C14H31N3O6S. The summed E-state index contributed by atoms with van der Waals surface area (Å²) in [4.78, 5) is 29.8. The third-order valence-electron chi connectivity index (χ3n) is 2.38. The average Bonchev–Trinajstić information content (AvgIpc) is 2.44. The van der Waals surface area contributed by atoms with Crippen LogP contribution in [0.3, 0.4) is 0 Å². The Labute approximate surface area is 147 Å². The van der Waals surface area contributed by atoms with E-state index in [1.54, 1.807) is 11.8 Å². The molecule has 0 saturated carbocycles. The van der Waals surface area contributed by atoms with Gasteiger partial charge in [-0.15, -0.1) is 0 Å². The fraction of sp³-hybridized carbons (Fsp3) is 0.786. The summed E-state index contributed by atoms with van der Waals surface area (Å²) in [6, 6.07) is -2.10. The van der Waals surface area contributed by atoms with Crippen LogP contribution in [-0.4, -0.2) is 63.4 Å². The molecule has 9 N–H and O–H groups in total. The van der Waals surface area contributed by atoms with Gasteiger partial charge in [0.2, 0.25) is 0 Å². The minimum Gasteiger partial charge on any atom is -0.480 e. The van der Waals surface area contributed by atoms with Gasteiger partial charge in [-0.05, 0) is 37.7 Å². The molecule has 0 aliphatic carbocycles. The average molecular weight is 369 g/mol. The zero-order valence-corrected chi connectivity index (χ0v) is 15.5. The second-order valence-electron chi connectivity index (χ2n) is 5.43. The van der Waals surface area contributed by atoms with Crippen LogP contribution in [0.5, 0.6) is 0 Å². The number of nitrogens with two attached hydrogens (primary N) is 3. The van der Waals surface area contributed by atoms with Crippen molar-refractivity contribution in [3.8, 4) is 0 Å². The topological polar surface area (TPSA) is 190 Å². The first-order valence-corrected chi connectivity index (χ1v) is 8.70. The first-order chi connectivity index (χ1) is 10.9. The SMILES string of the molecule is CC(C)CC(N)C(=O)O.CC(N)C(=O)O.CSCCC(N)C(=O)O. The standard InChI is InChI=1S/C6H13NO2.C5H11NO2S.C3H7NO2/c1-4(2)3-5(7)6(8)9;1-9-3-2-4(6)5(7)8;1-2(4)3(5)6/h4-5H,3,7H2,1-2H3,(H,8,9);4H,2-3,6H2,1H3,(H,7,8);2H,4H2,1H3,(H,5,6). The van der Waals surface area contributed by atoms with Crippen molar-refractivity contribution in [1.82, 2.24) is 0 Å². The lowest BCUT2D eigenvalue weighted by Gasteiger charge is -2.07. The van der Waals surface area contributed by atoms with Crippen molar-refractivity contribution in [1.29, 1.82) is 0 Å². The van der Waals surface area contributed by atoms with Crippen LogP contribution >= 0.6 is 11.8 Å². The monoisotopic (exact) mass is 369 g/mol. The van der Waals surface area contributed by atoms with Crippen LogP contribution in [0, 0.1) is 5.92 Å². The molecule has 0 aliphatic rings. The highest BCUT2D eigenvalue weighted by atomic mass is 32.2. The molecule has 0 spiro atoms. The Morgan fingerprint density at radius 1 is 0.875 bits per heavy atom. The molecule has 3 atom stereocenters. The van der Waals surface area contributed by atoms with Crippen LogP contribution in [0.4, 0.5) is 0 Å². The van der Waals surface area contributed by atoms with E-state index in [4.69, 9.17) is 32.5 Å². The molecule has 0 bridgehead atoms. The maximum Gasteiger partial charge on any atom is 0.320 e. The molecule has 0 aromatic carbocycles. The largest absolute Gasteiger partial charge is 0.480 e. The van der Waals surface area contributed by atoms with Crippen LogP contribution in [0.1, 0.15) is 33.6 Å². The number of carboxylic acid groups (broad SMARTS) is 3. The summed E-state index contributed by atoms with van der Waals surface area (Å²) in [6.45, 7) is 5.31. The lowest BCUT2D eigenvalue weighted by Crippen LogP contribution is -2.31. The third kappa shape index (κ3) is 22.9. The second-order valence-corrected chi connectivity index (χ2v) is 6.41. The van der Waals surface area contributed by atoms with E-state index in [2.05, 4.69) is 0 Å². The third-order valence-corrected chi connectivity index (χ3v) is 3.03. The molecule has 0 radical (unpaired) electrons. The Kier molecular flexibility index (Phi) is 18.9. The van der Waals surface area contributed by atoms with Crippen LogP contribution in [0.2, 0.25) is 0 Å². The van der Waals surface area contributed by atoms with Crippen molar-refractivity contribution in [2.24, 2.45) is 23.1 Å². The number of hydrogen-bond donors (Lipinski definition) is 6. The minimum absolute atomic E-state index is 0.357. The molecule has 144 valence electrons. The Morgan fingerprint density at radius 2 is 1.25 bits per heavy atom. The molecule has 0 amide bonds. The van der Waals surface area contributed by atoms with Gasteiger partial charge in [-0.25, -0.2) is 0 Å². The van der Waals surface area contributed by atoms with Crippen LogP contribution in [0.25, 0.3) is 0 Å². The Morgan fingerprint density at radius 3 is 1.42 bits per heavy atom. The number of hydrogen-bond acceptors (Lipinski definition) is 7. The quantitative estimate of drug-likeness (QED) is 0.340. The van der Waals surface area contributed by atoms with Crippen molar-refractivity contribution >= 4 is 29.7 Å². The van der Waals surface area contributed by atoms with E-state index in [9.17, 15) is 14.4 Å². The van der Waals surface area contributed by atoms with Crippen molar-refractivity contribution in [2.75, 3.05) is 12.0 Å². The molecule has 0 aliphatic heterocycles. The predicted molar refractivity (Wildman–Crippen MR) is 95.0 cm³/mol. The number of carboxylic acids is 3. The molecule has 0 aromatic rings. The van der Waals surface area contributed by atoms with Gasteiger partial charge in [-0.3, -0.25) is 14.4 Å². The summed E-state index contributed by atoms with van der Waals surface area (Å²) in [7, 11) is 0. The lowest BCUT2D eigenvalue weighted by molar-refractivity contribution is -0.139. The fourth-order valence-corrected chi connectivity index (χ4v) is 1.47. The predicted octanol–water partition coefficient (Wildman–Crippen LogP) is 0.0140. The fourth-order valence-electron chi connectivity index (χ4n) is 0.977. The maximum absolute atomic E-state index is 10.1. The highest BCUT2D eigenvalue weighted by Crippen LogP contribution is 2.01. The smallest absolute Gasteiger partial charge is 0.320 e. The van der Waals surface area contributed by atoms with Gasteiger partial charge >= 0.3 is 17.9 Å². The summed E-state index contributed by atoms with van der Waals surface area (Å²) in [5.41, 5.74) is 15.2. The highest BCUT2D eigenvalue weighted by Gasteiger charge is 2.12. The highest BCUT2D eigenvalue weighted by molar-refractivity contribution is 7.98. The molecule has 24 heavy (non-hydrogen) atoms. The molecule has 0 heterocycles. The van der Waals surface area contributed by atoms with Gasteiger partial charge in [-0.2, -0.15) is 11.8 Å². The first kappa shape index (κ1) is 27.5. The zero-order chi connectivity index (χ0) is 19.9. The van der Waals surface area contributed by atoms with E-state index in [0.29, 0.717) is 18.8 Å². The van der Waals surface area contributed by atoms with Crippen molar-refractivity contribution < 1.29 is 29.7 Å². The van der Waals surface area contributed by atoms with E-state index in [1.807, 2.05) is 20.1 Å². The molecule has 0 aromatic heterocycles. The van der Waals surface area contributed by atoms with E-state index in [0.717, 1.165) is 5.75 Å². The number of aliphatic carboxylic acids is 3. The van der Waals surface area contributed by atoms with Gasteiger partial charge < -0.3 is 32.5 Å². The van der Waals surface area contributed by atoms with E-state index in [1.165, 1.54) is 6.92 Å². The molecule has 0 saturated heterocycles. The molecule has 9 nitrogen and oxygen atoms in total. The number of thioether (sulfide) groups is 1. The van der Waals surface area contributed by atoms with Gasteiger partial charge in [0.25, 0.3) is 0 Å². The zero-order valence-electron chi connectivity index (χ0n) is 14.6. The van der Waals surface area contributed by atoms with Gasteiger partial charge in [0.1, 0.15) is 18.1 Å². The van der Waals surface area contributed by atoms with Crippen LogP contribution in [-0.2, 0) is 14.4 Å². The summed E-state index contributed by atoms with van der Waals surface area (Å²) < 4.78 is 0. The van der Waals surface area contributed by atoms with Crippen molar-refractivity contribution in [3.05, 3.63) is 0 Å². The summed E-state index contributed by atoms with van der Waals surface area (Å²) in [6.07, 6.45) is 3.03. The molecular weight excluding hydrogens is 338 g/mol. The van der Waals surface area contributed by atoms with Gasteiger partial charge in [0.15, 0.2) is 0 Å². The number of rotatable bonds is 8. The van der Waals surface area contributed by atoms with Gasteiger partial charge in [0.05, 0.1) is 0 Å². The van der Waals surface area contributed by atoms with Crippen LogP contribution in [0.15, 0.2) is 0 Å².